The zero-order valence-corrected chi connectivity index (χ0v) is 18.0. The van der Waals surface area contributed by atoms with Crippen molar-refractivity contribution in [3.8, 4) is 29.5 Å². The monoisotopic (exact) mass is 445 g/mol. The first-order chi connectivity index (χ1) is 16.0. The molecule has 4 rings (SSSR count). The second kappa shape index (κ2) is 9.49. The van der Waals surface area contributed by atoms with Gasteiger partial charge in [0.2, 0.25) is 11.7 Å². The van der Waals surface area contributed by atoms with E-state index >= 15 is 0 Å². The number of methoxy groups -OCH3 is 1. The molecule has 8 nitrogen and oxygen atoms in total. The normalized spacial score (nSPS) is 19.3. The molecular weight excluding hydrogens is 425 g/mol. The zero-order valence-electron chi connectivity index (χ0n) is 18.0. The van der Waals surface area contributed by atoms with Crippen molar-refractivity contribution in [3.05, 3.63) is 53.7 Å². The lowest BCUT2D eigenvalue weighted by molar-refractivity contribution is -0.123. The Labute approximate surface area is 189 Å². The van der Waals surface area contributed by atoms with E-state index in [0.717, 1.165) is 0 Å². The summed E-state index contributed by atoms with van der Waals surface area (Å²) in [7, 11) is 1.47. The summed E-state index contributed by atoms with van der Waals surface area (Å²) in [6.07, 6.45) is 3.66. The molecular formula is C24H20FN5O3. The van der Waals surface area contributed by atoms with Gasteiger partial charge >= 0.3 is 0 Å². The summed E-state index contributed by atoms with van der Waals surface area (Å²) in [4.78, 5) is 24.3. The number of carbonyl (C=O) groups excluding carboxylic acids is 1. The quantitative estimate of drug-likeness (QED) is 0.601. The van der Waals surface area contributed by atoms with Gasteiger partial charge in [0.1, 0.15) is 18.4 Å². The second-order valence-electron chi connectivity index (χ2n) is 7.41. The summed E-state index contributed by atoms with van der Waals surface area (Å²) in [5.41, 5.74) is 0.879. The van der Waals surface area contributed by atoms with Crippen molar-refractivity contribution in [2.24, 2.45) is 5.92 Å². The highest BCUT2D eigenvalue weighted by atomic mass is 19.1. The number of fused-ring (bicyclic) bond motifs is 1. The van der Waals surface area contributed by atoms with Crippen LogP contribution in [-0.4, -0.2) is 46.8 Å². The van der Waals surface area contributed by atoms with E-state index in [-0.39, 0.29) is 12.5 Å². The van der Waals surface area contributed by atoms with Crippen molar-refractivity contribution >= 4 is 16.7 Å². The number of pyridine rings is 1. The molecule has 1 aliphatic rings. The Kier molecular flexibility index (Phi) is 6.32. The van der Waals surface area contributed by atoms with Crippen LogP contribution in [0.5, 0.6) is 11.6 Å². The van der Waals surface area contributed by atoms with Crippen LogP contribution in [0.25, 0.3) is 10.8 Å². The number of aromatic nitrogens is 3. The maximum absolute atomic E-state index is 14.1. The number of nitrogens with zero attached hydrogens (tertiary/aromatic N) is 4. The Balaban J connectivity index is 1.73. The fraction of sp³-hybridized carbons (Fsp3) is 0.292. The van der Waals surface area contributed by atoms with Gasteiger partial charge in [-0.15, -0.1) is 0 Å². The van der Waals surface area contributed by atoms with Crippen LogP contribution in [0.3, 0.4) is 0 Å². The third-order valence-electron chi connectivity index (χ3n) is 5.51. The van der Waals surface area contributed by atoms with Crippen molar-refractivity contribution in [2.45, 2.75) is 25.6 Å². The molecule has 1 aromatic carbocycles. The van der Waals surface area contributed by atoms with E-state index in [1.165, 1.54) is 13.3 Å². The molecule has 2 aromatic heterocycles. The molecule has 0 spiro atoms. The van der Waals surface area contributed by atoms with Gasteiger partial charge in [-0.25, -0.2) is 19.3 Å². The number of amides is 1. The number of carbonyl (C=O) groups is 1. The molecule has 166 valence electrons. The van der Waals surface area contributed by atoms with Crippen molar-refractivity contribution < 1.29 is 18.7 Å². The van der Waals surface area contributed by atoms with Crippen LogP contribution in [0.1, 0.15) is 30.3 Å². The molecule has 3 aromatic rings. The van der Waals surface area contributed by atoms with E-state index in [9.17, 15) is 14.4 Å². The van der Waals surface area contributed by atoms with Gasteiger partial charge in [0.15, 0.2) is 6.17 Å². The summed E-state index contributed by atoms with van der Waals surface area (Å²) in [6.45, 7) is 1.88. The number of nitrogens with one attached hydrogen (secondary N) is 1. The van der Waals surface area contributed by atoms with E-state index in [2.05, 4.69) is 38.2 Å². The minimum atomic E-state index is -1.55. The molecule has 0 unspecified atom stereocenters. The van der Waals surface area contributed by atoms with Crippen molar-refractivity contribution in [1.29, 1.82) is 5.26 Å². The molecule has 0 radical (unpaired) electrons. The zero-order chi connectivity index (χ0) is 23.4. The Hall–Kier alpha value is -4.24. The minimum absolute atomic E-state index is 0.0535. The number of nitriles is 1. The van der Waals surface area contributed by atoms with Crippen molar-refractivity contribution in [3.63, 3.8) is 0 Å². The molecule has 0 saturated carbocycles. The summed E-state index contributed by atoms with van der Waals surface area (Å²) >= 11 is 0. The molecule has 1 N–H and O–H groups in total. The van der Waals surface area contributed by atoms with Crippen LogP contribution in [0.2, 0.25) is 0 Å². The average Bonchev–Trinajstić information content (AvgIpc) is 3.13. The first kappa shape index (κ1) is 22.0. The lowest BCUT2D eigenvalue weighted by Crippen LogP contribution is -2.34. The molecule has 1 fully saturated rings. The predicted molar refractivity (Wildman–Crippen MR) is 117 cm³/mol. The van der Waals surface area contributed by atoms with Gasteiger partial charge in [0.25, 0.3) is 5.91 Å². The number of alkyl halides is 1. The van der Waals surface area contributed by atoms with E-state index in [4.69, 9.17) is 9.47 Å². The predicted octanol–water partition coefficient (Wildman–Crippen LogP) is 2.55. The smallest absolute Gasteiger partial charge is 0.255 e. The number of benzene rings is 1. The van der Waals surface area contributed by atoms with Gasteiger partial charge in [-0.3, -0.25) is 4.79 Å². The lowest BCUT2D eigenvalue weighted by Gasteiger charge is -2.19. The van der Waals surface area contributed by atoms with Gasteiger partial charge in [0, 0.05) is 35.3 Å². The molecule has 1 amide bonds. The Morgan fingerprint density at radius 3 is 2.64 bits per heavy atom. The molecule has 9 heteroatoms. The summed E-state index contributed by atoms with van der Waals surface area (Å²) in [5, 5.41) is 13.4. The van der Waals surface area contributed by atoms with E-state index in [0.29, 0.717) is 39.9 Å². The second-order valence-corrected chi connectivity index (χ2v) is 7.41. The first-order valence-electron chi connectivity index (χ1n) is 10.3. The van der Waals surface area contributed by atoms with Gasteiger partial charge in [-0.2, -0.15) is 5.26 Å². The summed E-state index contributed by atoms with van der Waals surface area (Å²) in [6, 6.07) is 6.65. The van der Waals surface area contributed by atoms with Crippen molar-refractivity contribution in [1.82, 2.24) is 20.3 Å². The Morgan fingerprint density at radius 2 is 1.94 bits per heavy atom. The van der Waals surface area contributed by atoms with Crippen LogP contribution in [-0.2, 0) is 4.79 Å². The fourth-order valence-electron chi connectivity index (χ4n) is 3.79. The minimum Gasteiger partial charge on any atom is -0.495 e. The van der Waals surface area contributed by atoms with Crippen LogP contribution < -0.4 is 14.8 Å². The Morgan fingerprint density at radius 1 is 1.15 bits per heavy atom. The molecule has 3 heterocycles. The number of halogens is 1. The first-order valence-corrected chi connectivity index (χ1v) is 10.3. The molecule has 33 heavy (non-hydrogen) atoms. The fourth-order valence-corrected chi connectivity index (χ4v) is 3.79. The topological polar surface area (TPSA) is 110 Å². The van der Waals surface area contributed by atoms with Gasteiger partial charge < -0.3 is 14.8 Å². The van der Waals surface area contributed by atoms with E-state index < -0.39 is 24.0 Å². The van der Waals surface area contributed by atoms with Gasteiger partial charge in [-0.05, 0) is 30.5 Å². The van der Waals surface area contributed by atoms with Crippen LogP contribution in [0.15, 0.2) is 36.8 Å². The maximum Gasteiger partial charge on any atom is 0.255 e. The molecule has 0 aliphatic carbocycles. The molecule has 3 atom stereocenters. The highest BCUT2D eigenvalue weighted by molar-refractivity contribution is 5.94. The Bertz CT molecular complexity index is 1300. The largest absolute Gasteiger partial charge is 0.495 e. The standard InChI is InChI=1S/C24H20FN5O3/c1-3-16-19(30-23(31)22(16)25)13-33-24-18-10-20(32-2)15(11-26)9-17(18)14(12-29-24)5-6-21-27-7-4-8-28-21/h4,7-10,12,16,19,22H,3,13H2,1-2H3,(H,30,31)/t16-,19+,22-/m0/s1. The van der Waals surface area contributed by atoms with Crippen LogP contribution in [0, 0.1) is 29.1 Å². The number of ether oxygens (including phenoxy) is 2. The third kappa shape index (κ3) is 4.39. The number of hydrogen-bond donors (Lipinski definition) is 1. The molecule has 1 saturated heterocycles. The summed E-state index contributed by atoms with van der Waals surface area (Å²) < 4.78 is 25.4. The number of hydrogen-bond acceptors (Lipinski definition) is 7. The summed E-state index contributed by atoms with van der Waals surface area (Å²) in [5.74, 6) is 5.76. The van der Waals surface area contributed by atoms with Gasteiger partial charge in [0.05, 0.1) is 24.3 Å². The SMILES string of the molecule is CC[C@@H]1[C@H](F)C(=O)N[C@@H]1COc1ncc(C#Cc2ncccn2)c2cc(C#N)c(OC)cc12. The van der Waals surface area contributed by atoms with Crippen LogP contribution in [0.4, 0.5) is 4.39 Å². The van der Waals surface area contributed by atoms with Crippen LogP contribution >= 0.6 is 0 Å². The molecule has 0 bridgehead atoms. The van der Waals surface area contributed by atoms with E-state index in [1.54, 1.807) is 30.6 Å². The van der Waals surface area contributed by atoms with Crippen molar-refractivity contribution in [2.75, 3.05) is 13.7 Å². The van der Waals surface area contributed by atoms with E-state index in [1.807, 2.05) is 6.92 Å². The van der Waals surface area contributed by atoms with Gasteiger partial charge in [-0.1, -0.05) is 12.8 Å². The maximum atomic E-state index is 14.1. The third-order valence-corrected chi connectivity index (χ3v) is 5.51. The number of rotatable bonds is 5. The average molecular weight is 445 g/mol. The lowest BCUT2D eigenvalue weighted by atomic mass is 9.97. The highest BCUT2D eigenvalue weighted by Gasteiger charge is 2.41. The molecule has 1 aliphatic heterocycles. The highest BCUT2D eigenvalue weighted by Crippen LogP contribution is 2.33.